The monoisotopic (exact) mass is 361 g/mol. The largest absolute Gasteiger partial charge is 0.494 e. The Morgan fingerprint density at radius 2 is 1.64 bits per heavy atom. The zero-order chi connectivity index (χ0) is 18.3. The molecule has 0 N–H and O–H groups in total. The van der Waals surface area contributed by atoms with Crippen molar-refractivity contribution in [1.29, 1.82) is 0 Å². The maximum absolute atomic E-state index is 13.1. The maximum Gasteiger partial charge on any atom is 0.264 e. The predicted octanol–water partition coefficient (Wildman–Crippen LogP) is 3.87. The summed E-state index contributed by atoms with van der Waals surface area (Å²) in [5.41, 5.74) is 0.528. The van der Waals surface area contributed by atoms with Crippen LogP contribution in [0, 0.1) is 0 Å². The Kier molecular flexibility index (Phi) is 6.47. The lowest BCUT2D eigenvalue weighted by Gasteiger charge is -2.23. The average molecular weight is 361 g/mol. The molecular weight excluding hydrogens is 338 g/mol. The third-order valence-electron chi connectivity index (χ3n) is 3.43. The van der Waals surface area contributed by atoms with Crippen molar-refractivity contribution in [3.05, 3.63) is 61.2 Å². The van der Waals surface area contributed by atoms with E-state index in [2.05, 4.69) is 6.58 Å². The topological polar surface area (TPSA) is 55.8 Å². The fraction of sp³-hybridized carbons (Fsp3) is 0.263. The van der Waals surface area contributed by atoms with Crippen LogP contribution in [0.3, 0.4) is 0 Å². The molecule has 0 aromatic heterocycles. The molecule has 6 heteroatoms. The number of benzene rings is 2. The average Bonchev–Trinajstić information content (AvgIpc) is 2.61. The second-order valence-corrected chi connectivity index (χ2v) is 7.02. The quantitative estimate of drug-likeness (QED) is 0.636. The number of hydrogen-bond acceptors (Lipinski definition) is 4. The number of ether oxygens (including phenoxy) is 2. The number of anilines is 1. The number of nitrogens with zero attached hydrogens (tertiary/aromatic N) is 1. The molecule has 0 aliphatic heterocycles. The van der Waals surface area contributed by atoms with Crippen LogP contribution in [0.2, 0.25) is 0 Å². The summed E-state index contributed by atoms with van der Waals surface area (Å²) in [4.78, 5) is 0.194. The molecule has 0 saturated carbocycles. The van der Waals surface area contributed by atoms with Crippen molar-refractivity contribution in [2.45, 2.75) is 18.7 Å². The van der Waals surface area contributed by atoms with Gasteiger partial charge < -0.3 is 9.47 Å². The van der Waals surface area contributed by atoms with Gasteiger partial charge in [0.15, 0.2) is 0 Å². The Balaban J connectivity index is 2.40. The maximum atomic E-state index is 13.1. The lowest BCUT2D eigenvalue weighted by molar-refractivity contribution is 0.340. The molecular formula is C19H23NO4S. The van der Waals surface area contributed by atoms with Crippen molar-refractivity contribution < 1.29 is 17.9 Å². The minimum atomic E-state index is -3.73. The molecule has 0 fully saturated rings. The van der Waals surface area contributed by atoms with Crippen molar-refractivity contribution in [2.75, 3.05) is 24.1 Å². The van der Waals surface area contributed by atoms with E-state index in [1.807, 2.05) is 13.8 Å². The van der Waals surface area contributed by atoms with Crippen LogP contribution in [0.4, 0.5) is 5.69 Å². The van der Waals surface area contributed by atoms with Crippen molar-refractivity contribution >= 4 is 15.7 Å². The first-order chi connectivity index (χ1) is 12.0. The SMILES string of the molecule is C=CCN(c1cccc(OCC)c1)S(=O)(=O)c1ccc(OCC)cc1. The number of hydrogen-bond donors (Lipinski definition) is 0. The first-order valence-electron chi connectivity index (χ1n) is 8.12. The van der Waals surface area contributed by atoms with Crippen LogP contribution in [0.1, 0.15) is 13.8 Å². The summed E-state index contributed by atoms with van der Waals surface area (Å²) in [7, 11) is -3.73. The summed E-state index contributed by atoms with van der Waals surface area (Å²) in [6, 6.07) is 13.4. The van der Waals surface area contributed by atoms with E-state index in [1.165, 1.54) is 4.31 Å². The highest BCUT2D eigenvalue weighted by Gasteiger charge is 2.24. The lowest BCUT2D eigenvalue weighted by atomic mass is 10.3. The number of sulfonamides is 1. The molecule has 0 spiro atoms. The second-order valence-electron chi connectivity index (χ2n) is 5.16. The van der Waals surface area contributed by atoms with Gasteiger partial charge in [0.05, 0.1) is 30.3 Å². The molecule has 0 aliphatic carbocycles. The summed E-state index contributed by atoms with van der Waals surface area (Å²) < 4.78 is 38.3. The van der Waals surface area contributed by atoms with Gasteiger partial charge in [0.1, 0.15) is 11.5 Å². The molecule has 0 bridgehead atoms. The first-order valence-corrected chi connectivity index (χ1v) is 9.56. The fourth-order valence-electron chi connectivity index (χ4n) is 2.36. The Morgan fingerprint density at radius 1 is 1.00 bits per heavy atom. The first kappa shape index (κ1) is 18.9. The van der Waals surface area contributed by atoms with Gasteiger partial charge in [-0.3, -0.25) is 4.31 Å². The molecule has 2 aromatic rings. The minimum Gasteiger partial charge on any atom is -0.494 e. The van der Waals surface area contributed by atoms with Gasteiger partial charge in [-0.05, 0) is 50.2 Å². The van der Waals surface area contributed by atoms with E-state index in [1.54, 1.807) is 54.6 Å². The Hall–Kier alpha value is -2.47. The second kappa shape index (κ2) is 8.58. The zero-order valence-corrected chi connectivity index (χ0v) is 15.3. The van der Waals surface area contributed by atoms with Crippen LogP contribution < -0.4 is 13.8 Å². The standard InChI is InChI=1S/C19H23NO4S/c1-4-14-20(16-8-7-9-18(15-16)24-6-3)25(21,22)19-12-10-17(11-13-19)23-5-2/h4,7-13,15H,1,5-6,14H2,2-3H3. The van der Waals surface area contributed by atoms with Gasteiger partial charge in [0, 0.05) is 6.07 Å². The molecule has 0 saturated heterocycles. The van der Waals surface area contributed by atoms with E-state index in [4.69, 9.17) is 9.47 Å². The molecule has 0 heterocycles. The van der Waals surface area contributed by atoms with Gasteiger partial charge in [-0.15, -0.1) is 6.58 Å². The van der Waals surface area contributed by atoms with E-state index < -0.39 is 10.0 Å². The molecule has 2 aromatic carbocycles. The van der Waals surface area contributed by atoms with Crippen LogP contribution in [0.25, 0.3) is 0 Å². The zero-order valence-electron chi connectivity index (χ0n) is 14.5. The van der Waals surface area contributed by atoms with Crippen molar-refractivity contribution in [1.82, 2.24) is 0 Å². The molecule has 0 amide bonds. The lowest BCUT2D eigenvalue weighted by Crippen LogP contribution is -2.31. The van der Waals surface area contributed by atoms with Crippen LogP contribution in [0.5, 0.6) is 11.5 Å². The summed E-state index contributed by atoms with van der Waals surface area (Å²) in [6.45, 7) is 8.62. The Morgan fingerprint density at radius 3 is 2.24 bits per heavy atom. The summed E-state index contributed by atoms with van der Waals surface area (Å²) in [6.07, 6.45) is 1.56. The Bertz CT molecular complexity index is 800. The van der Waals surface area contributed by atoms with Gasteiger partial charge in [-0.1, -0.05) is 12.1 Å². The summed E-state index contributed by atoms with van der Waals surface area (Å²) in [5, 5.41) is 0. The highest BCUT2D eigenvalue weighted by molar-refractivity contribution is 7.92. The molecule has 2 rings (SSSR count). The van der Waals surface area contributed by atoms with Crippen LogP contribution >= 0.6 is 0 Å². The third kappa shape index (κ3) is 4.54. The Labute approximate surface area is 149 Å². The van der Waals surface area contributed by atoms with Crippen molar-refractivity contribution in [2.24, 2.45) is 0 Å². The van der Waals surface area contributed by atoms with E-state index >= 15 is 0 Å². The molecule has 134 valence electrons. The van der Waals surface area contributed by atoms with E-state index in [0.717, 1.165) is 0 Å². The van der Waals surface area contributed by atoms with Gasteiger partial charge in [0.25, 0.3) is 10.0 Å². The van der Waals surface area contributed by atoms with Gasteiger partial charge in [-0.2, -0.15) is 0 Å². The third-order valence-corrected chi connectivity index (χ3v) is 5.24. The fourth-order valence-corrected chi connectivity index (χ4v) is 3.78. The molecule has 25 heavy (non-hydrogen) atoms. The van der Waals surface area contributed by atoms with Crippen molar-refractivity contribution in [3.63, 3.8) is 0 Å². The van der Waals surface area contributed by atoms with Crippen LogP contribution in [0.15, 0.2) is 66.1 Å². The van der Waals surface area contributed by atoms with Crippen LogP contribution in [-0.4, -0.2) is 28.2 Å². The smallest absolute Gasteiger partial charge is 0.264 e. The van der Waals surface area contributed by atoms with Gasteiger partial charge in [0.2, 0.25) is 0 Å². The minimum absolute atomic E-state index is 0.158. The van der Waals surface area contributed by atoms with E-state index in [-0.39, 0.29) is 11.4 Å². The van der Waals surface area contributed by atoms with E-state index in [9.17, 15) is 8.42 Å². The highest BCUT2D eigenvalue weighted by atomic mass is 32.2. The summed E-state index contributed by atoms with van der Waals surface area (Å²) >= 11 is 0. The van der Waals surface area contributed by atoms with E-state index in [0.29, 0.717) is 30.4 Å². The highest BCUT2D eigenvalue weighted by Crippen LogP contribution is 2.28. The summed E-state index contributed by atoms with van der Waals surface area (Å²) in [5.74, 6) is 1.26. The molecule has 5 nitrogen and oxygen atoms in total. The van der Waals surface area contributed by atoms with Crippen LogP contribution in [-0.2, 0) is 10.0 Å². The van der Waals surface area contributed by atoms with Gasteiger partial charge in [-0.25, -0.2) is 8.42 Å². The number of rotatable bonds is 9. The molecule has 0 atom stereocenters. The molecule has 0 radical (unpaired) electrons. The molecule has 0 unspecified atom stereocenters. The normalized spacial score (nSPS) is 11.0. The predicted molar refractivity (Wildman–Crippen MR) is 100.0 cm³/mol. The molecule has 0 aliphatic rings. The van der Waals surface area contributed by atoms with Gasteiger partial charge >= 0.3 is 0 Å². The van der Waals surface area contributed by atoms with Crippen molar-refractivity contribution in [3.8, 4) is 11.5 Å².